The van der Waals surface area contributed by atoms with Crippen molar-refractivity contribution in [3.63, 3.8) is 0 Å². The number of pyridine rings is 1. The first-order chi connectivity index (χ1) is 11.7. The summed E-state index contributed by atoms with van der Waals surface area (Å²) in [5.41, 5.74) is 5.83. The summed E-state index contributed by atoms with van der Waals surface area (Å²) in [6, 6.07) is 21.9. The number of rotatable bonds is 4. The molecule has 1 aromatic heterocycles. The second-order valence-electron chi connectivity index (χ2n) is 5.58. The van der Waals surface area contributed by atoms with Crippen LogP contribution in [0.25, 0.3) is 0 Å². The van der Waals surface area contributed by atoms with Crippen LogP contribution in [0.5, 0.6) is 0 Å². The molecule has 0 fully saturated rings. The predicted molar refractivity (Wildman–Crippen MR) is 101 cm³/mol. The fourth-order valence-electron chi connectivity index (χ4n) is 2.30. The molecule has 0 aliphatic rings. The van der Waals surface area contributed by atoms with E-state index in [1.807, 2.05) is 80.6 Å². The second kappa shape index (κ2) is 9.06. The van der Waals surface area contributed by atoms with E-state index in [-0.39, 0.29) is 16.8 Å². The first-order valence-corrected chi connectivity index (χ1v) is 7.89. The van der Waals surface area contributed by atoms with Crippen molar-refractivity contribution in [3.05, 3.63) is 89.2 Å². The number of benzene rings is 2. The van der Waals surface area contributed by atoms with Gasteiger partial charge in [-0.1, -0.05) is 42.5 Å². The predicted octanol–water partition coefficient (Wildman–Crippen LogP) is 5.20. The normalized spacial score (nSPS) is 11.0. The third-order valence-corrected chi connectivity index (χ3v) is 3.69. The summed E-state index contributed by atoms with van der Waals surface area (Å²) in [7, 11) is 0. The third kappa shape index (κ3) is 5.21. The van der Waals surface area contributed by atoms with Crippen LogP contribution in [0.2, 0.25) is 0 Å². The summed E-state index contributed by atoms with van der Waals surface area (Å²) >= 11 is 0. The van der Waals surface area contributed by atoms with E-state index >= 15 is 0 Å². The SMILES string of the molecule is Cc1ccccc1N=Cc1cccc(C=Nc2ccccc2C)n1.[Co]. The molecule has 0 atom stereocenters. The molecule has 2 aromatic carbocycles. The number of aliphatic imine (C=N–C) groups is 2. The molecule has 0 aliphatic carbocycles. The molecule has 4 heteroatoms. The fourth-order valence-corrected chi connectivity index (χ4v) is 2.30. The van der Waals surface area contributed by atoms with Crippen LogP contribution in [0.4, 0.5) is 11.4 Å². The Morgan fingerprint density at radius 3 is 1.52 bits per heavy atom. The summed E-state index contributed by atoms with van der Waals surface area (Å²) in [4.78, 5) is 13.6. The van der Waals surface area contributed by atoms with Crippen LogP contribution >= 0.6 is 0 Å². The molecule has 0 saturated heterocycles. The van der Waals surface area contributed by atoms with Crippen LogP contribution in [0.3, 0.4) is 0 Å². The fraction of sp³-hybridized carbons (Fsp3) is 0.0952. The number of hydrogen-bond donors (Lipinski definition) is 0. The molecule has 0 N–H and O–H groups in total. The average Bonchev–Trinajstić information content (AvgIpc) is 2.61. The molecule has 0 amide bonds. The largest absolute Gasteiger partial charge is 0.254 e. The van der Waals surface area contributed by atoms with Crippen molar-refractivity contribution in [2.75, 3.05) is 0 Å². The van der Waals surface area contributed by atoms with Gasteiger partial charge in [0.2, 0.25) is 0 Å². The molecule has 3 rings (SSSR count). The summed E-state index contributed by atoms with van der Waals surface area (Å²) in [6.07, 6.45) is 3.57. The van der Waals surface area contributed by atoms with Gasteiger partial charge in [-0.2, -0.15) is 0 Å². The summed E-state index contributed by atoms with van der Waals surface area (Å²) in [5, 5.41) is 0. The Morgan fingerprint density at radius 1 is 0.640 bits per heavy atom. The number of aromatic nitrogens is 1. The molecule has 0 spiro atoms. The maximum absolute atomic E-state index is 4.56. The molecular weight excluding hydrogens is 353 g/mol. The van der Waals surface area contributed by atoms with Crippen LogP contribution in [-0.4, -0.2) is 17.4 Å². The number of para-hydroxylation sites is 2. The van der Waals surface area contributed by atoms with Gasteiger partial charge in [-0.25, -0.2) is 4.98 Å². The first kappa shape index (κ1) is 18.8. The molecule has 0 unspecified atom stereocenters. The van der Waals surface area contributed by atoms with Crippen molar-refractivity contribution in [2.45, 2.75) is 13.8 Å². The minimum absolute atomic E-state index is 0. The van der Waals surface area contributed by atoms with Gasteiger partial charge in [0.15, 0.2) is 0 Å². The quantitative estimate of drug-likeness (QED) is 0.580. The zero-order valence-corrected chi connectivity index (χ0v) is 15.2. The standard InChI is InChI=1S/C21H19N3.Co/c1-16-8-3-5-12-20(16)22-14-18-10-7-11-19(24-18)15-23-21-13-6-4-9-17(21)2;/h3-15H,1-2H3;. The van der Waals surface area contributed by atoms with Gasteiger partial charge in [0.05, 0.1) is 35.2 Å². The van der Waals surface area contributed by atoms with E-state index in [1.54, 1.807) is 12.4 Å². The second-order valence-corrected chi connectivity index (χ2v) is 5.58. The Balaban J connectivity index is 0.00000225. The molecule has 0 saturated carbocycles. The zero-order valence-electron chi connectivity index (χ0n) is 14.2. The minimum atomic E-state index is 0. The topological polar surface area (TPSA) is 37.6 Å². The van der Waals surface area contributed by atoms with Gasteiger partial charge >= 0.3 is 0 Å². The molecule has 127 valence electrons. The third-order valence-electron chi connectivity index (χ3n) is 3.69. The minimum Gasteiger partial charge on any atom is -0.254 e. The van der Waals surface area contributed by atoms with Crippen molar-refractivity contribution in [3.8, 4) is 0 Å². The van der Waals surface area contributed by atoms with Crippen molar-refractivity contribution >= 4 is 23.8 Å². The van der Waals surface area contributed by atoms with E-state index in [2.05, 4.69) is 15.0 Å². The van der Waals surface area contributed by atoms with Gasteiger partial charge in [0, 0.05) is 16.8 Å². The van der Waals surface area contributed by atoms with Crippen LogP contribution in [0, 0.1) is 13.8 Å². The molecule has 1 radical (unpaired) electrons. The first-order valence-electron chi connectivity index (χ1n) is 7.89. The molecule has 1 heterocycles. The van der Waals surface area contributed by atoms with Gasteiger partial charge < -0.3 is 0 Å². The molecule has 25 heavy (non-hydrogen) atoms. The van der Waals surface area contributed by atoms with Crippen molar-refractivity contribution < 1.29 is 16.8 Å². The molecular formula is C21H19CoN3. The Labute approximate surface area is 158 Å². The molecule has 0 bridgehead atoms. The van der Waals surface area contributed by atoms with E-state index in [0.717, 1.165) is 33.9 Å². The zero-order chi connectivity index (χ0) is 16.8. The van der Waals surface area contributed by atoms with Crippen LogP contribution in [0.1, 0.15) is 22.5 Å². The van der Waals surface area contributed by atoms with E-state index < -0.39 is 0 Å². The van der Waals surface area contributed by atoms with Gasteiger partial charge in [0.25, 0.3) is 0 Å². The van der Waals surface area contributed by atoms with E-state index in [0.29, 0.717) is 0 Å². The number of hydrogen-bond acceptors (Lipinski definition) is 3. The van der Waals surface area contributed by atoms with Crippen molar-refractivity contribution in [1.29, 1.82) is 0 Å². The van der Waals surface area contributed by atoms with Gasteiger partial charge in [-0.15, -0.1) is 0 Å². The Bertz CT molecular complexity index is 830. The van der Waals surface area contributed by atoms with Gasteiger partial charge in [-0.3, -0.25) is 9.98 Å². The molecule has 3 nitrogen and oxygen atoms in total. The Hall–Kier alpha value is -2.56. The summed E-state index contributed by atoms with van der Waals surface area (Å²) in [5.74, 6) is 0. The van der Waals surface area contributed by atoms with Crippen molar-refractivity contribution in [2.24, 2.45) is 9.98 Å². The maximum atomic E-state index is 4.56. The van der Waals surface area contributed by atoms with Crippen LogP contribution < -0.4 is 0 Å². The van der Waals surface area contributed by atoms with Crippen LogP contribution in [-0.2, 0) is 16.8 Å². The Kier molecular flexibility index (Phi) is 6.80. The van der Waals surface area contributed by atoms with Crippen molar-refractivity contribution in [1.82, 2.24) is 4.98 Å². The van der Waals surface area contributed by atoms with Gasteiger partial charge in [0.1, 0.15) is 0 Å². The Morgan fingerprint density at radius 2 is 1.08 bits per heavy atom. The smallest absolute Gasteiger partial charge is 0.0820 e. The molecule has 3 aromatic rings. The van der Waals surface area contributed by atoms with Crippen LogP contribution in [0.15, 0.2) is 76.7 Å². The monoisotopic (exact) mass is 372 g/mol. The average molecular weight is 372 g/mol. The maximum Gasteiger partial charge on any atom is 0.0820 e. The van der Waals surface area contributed by atoms with E-state index in [9.17, 15) is 0 Å². The number of aryl methyl sites for hydroxylation is 2. The molecule has 0 aliphatic heterocycles. The van der Waals surface area contributed by atoms with Gasteiger partial charge in [-0.05, 0) is 49.2 Å². The summed E-state index contributed by atoms with van der Waals surface area (Å²) < 4.78 is 0. The van der Waals surface area contributed by atoms with E-state index in [1.165, 1.54) is 0 Å². The summed E-state index contributed by atoms with van der Waals surface area (Å²) in [6.45, 7) is 4.09. The number of nitrogens with zero attached hydrogens (tertiary/aromatic N) is 3. The van der Waals surface area contributed by atoms with E-state index in [4.69, 9.17) is 0 Å².